The van der Waals surface area contributed by atoms with Crippen molar-refractivity contribution in [2.75, 3.05) is 40.1 Å². The molecule has 7 heteroatoms. The maximum atomic E-state index is 12.8. The van der Waals surface area contributed by atoms with Crippen molar-refractivity contribution in [1.29, 1.82) is 0 Å². The van der Waals surface area contributed by atoms with Crippen LogP contribution in [0, 0.1) is 0 Å². The Balaban J connectivity index is 1.70. The van der Waals surface area contributed by atoms with Crippen LogP contribution in [0.1, 0.15) is 18.9 Å². The van der Waals surface area contributed by atoms with Crippen LogP contribution in [0.15, 0.2) is 18.2 Å². The third kappa shape index (κ3) is 4.16. The van der Waals surface area contributed by atoms with E-state index in [1.807, 2.05) is 30.0 Å². The monoisotopic (exact) mass is 350 g/mol. The Kier molecular flexibility index (Phi) is 5.99. The number of para-hydroxylation sites is 1. The summed E-state index contributed by atoms with van der Waals surface area (Å²) in [6.45, 7) is 5.21. The number of hydrogen-bond acceptors (Lipinski definition) is 5. The van der Waals surface area contributed by atoms with Gasteiger partial charge < -0.3 is 29.2 Å². The van der Waals surface area contributed by atoms with E-state index in [1.165, 1.54) is 0 Å². The molecule has 25 heavy (non-hydrogen) atoms. The predicted octanol–water partition coefficient (Wildman–Crippen LogP) is 1.79. The second kappa shape index (κ2) is 8.40. The van der Waals surface area contributed by atoms with Gasteiger partial charge in [-0.1, -0.05) is 12.1 Å². The van der Waals surface area contributed by atoms with E-state index in [0.29, 0.717) is 45.3 Å². The molecule has 0 aliphatic carbocycles. The molecule has 1 aromatic carbocycles. The fourth-order valence-corrected chi connectivity index (χ4v) is 3.20. The summed E-state index contributed by atoms with van der Waals surface area (Å²) in [6, 6.07) is 5.53. The van der Waals surface area contributed by atoms with Crippen molar-refractivity contribution in [3.63, 3.8) is 0 Å². The normalized spacial score (nSPS) is 23.2. The van der Waals surface area contributed by atoms with Crippen LogP contribution in [0.5, 0.6) is 11.5 Å². The van der Waals surface area contributed by atoms with Crippen molar-refractivity contribution < 1.29 is 23.7 Å². The molecule has 1 aromatic rings. The summed E-state index contributed by atoms with van der Waals surface area (Å²) in [5, 5.41) is 3.06. The van der Waals surface area contributed by atoms with Gasteiger partial charge in [0.25, 0.3) is 0 Å². The van der Waals surface area contributed by atoms with Crippen LogP contribution in [0.25, 0.3) is 0 Å². The van der Waals surface area contributed by atoms with Gasteiger partial charge in [-0.15, -0.1) is 0 Å². The molecule has 138 valence electrons. The van der Waals surface area contributed by atoms with Gasteiger partial charge in [-0.3, -0.25) is 0 Å². The second-order valence-electron chi connectivity index (χ2n) is 6.16. The molecule has 7 nitrogen and oxygen atoms in total. The number of nitrogens with zero attached hydrogens (tertiary/aromatic N) is 1. The average molecular weight is 350 g/mol. The molecule has 3 rings (SSSR count). The van der Waals surface area contributed by atoms with Crippen molar-refractivity contribution in [2.45, 2.75) is 32.0 Å². The molecule has 2 amide bonds. The molecular weight excluding hydrogens is 324 g/mol. The Morgan fingerprint density at radius 3 is 3.08 bits per heavy atom. The number of rotatable bonds is 4. The van der Waals surface area contributed by atoms with Crippen LogP contribution >= 0.6 is 0 Å². The van der Waals surface area contributed by atoms with Crippen molar-refractivity contribution in [1.82, 2.24) is 10.2 Å². The van der Waals surface area contributed by atoms with Crippen LogP contribution in [-0.2, 0) is 16.0 Å². The lowest BCUT2D eigenvalue weighted by Crippen LogP contribution is -2.50. The highest BCUT2D eigenvalue weighted by atomic mass is 16.5. The van der Waals surface area contributed by atoms with Gasteiger partial charge in [0.1, 0.15) is 6.10 Å². The lowest BCUT2D eigenvalue weighted by Gasteiger charge is -2.29. The summed E-state index contributed by atoms with van der Waals surface area (Å²) in [6.07, 6.45) is 0.681. The Hall–Kier alpha value is -1.99. The van der Waals surface area contributed by atoms with E-state index in [9.17, 15) is 4.79 Å². The number of amides is 2. The minimum Gasteiger partial charge on any atom is -0.493 e. The fourth-order valence-electron chi connectivity index (χ4n) is 3.20. The highest BCUT2D eigenvalue weighted by molar-refractivity contribution is 5.75. The summed E-state index contributed by atoms with van der Waals surface area (Å²) >= 11 is 0. The zero-order valence-electron chi connectivity index (χ0n) is 14.8. The van der Waals surface area contributed by atoms with Gasteiger partial charge >= 0.3 is 6.03 Å². The molecule has 0 unspecified atom stereocenters. The van der Waals surface area contributed by atoms with E-state index in [1.54, 1.807) is 7.11 Å². The summed E-state index contributed by atoms with van der Waals surface area (Å²) < 4.78 is 22.3. The number of carbonyl (C=O) groups excluding carboxylic acids is 1. The van der Waals surface area contributed by atoms with Gasteiger partial charge in [0.2, 0.25) is 0 Å². The second-order valence-corrected chi connectivity index (χ2v) is 6.16. The first kappa shape index (κ1) is 17.8. The first-order valence-electron chi connectivity index (χ1n) is 8.76. The third-order valence-corrected chi connectivity index (χ3v) is 4.47. The molecule has 2 atom stereocenters. The maximum Gasteiger partial charge on any atom is 0.318 e. The van der Waals surface area contributed by atoms with Gasteiger partial charge in [-0.2, -0.15) is 0 Å². The summed E-state index contributed by atoms with van der Waals surface area (Å²) in [5.74, 6) is 1.42. The Labute approximate surface area is 148 Å². The highest BCUT2D eigenvalue weighted by Crippen LogP contribution is 2.33. The fraction of sp³-hybridized carbons (Fsp3) is 0.611. The number of urea groups is 1. The number of fused-ring (bicyclic) bond motifs is 1. The minimum atomic E-state index is -0.112. The Morgan fingerprint density at radius 1 is 1.40 bits per heavy atom. The maximum absolute atomic E-state index is 12.8. The SMILES string of the molecule is CCO[C@H]1COC[C@@H]1NC(=O)N1CCCOc2c(cccc2OC)C1. The van der Waals surface area contributed by atoms with E-state index in [-0.39, 0.29) is 18.2 Å². The van der Waals surface area contributed by atoms with Crippen molar-refractivity contribution in [2.24, 2.45) is 0 Å². The van der Waals surface area contributed by atoms with Crippen LogP contribution in [-0.4, -0.2) is 63.2 Å². The molecule has 2 heterocycles. The molecule has 1 saturated heterocycles. The number of benzene rings is 1. The summed E-state index contributed by atoms with van der Waals surface area (Å²) in [7, 11) is 1.62. The lowest BCUT2D eigenvalue weighted by atomic mass is 10.1. The molecular formula is C18H26N2O5. The van der Waals surface area contributed by atoms with E-state index >= 15 is 0 Å². The molecule has 0 saturated carbocycles. The third-order valence-electron chi connectivity index (χ3n) is 4.47. The molecule has 2 aliphatic rings. The minimum absolute atomic E-state index is 0.0839. The first-order chi connectivity index (χ1) is 12.2. The van der Waals surface area contributed by atoms with Gasteiger partial charge in [-0.05, 0) is 19.4 Å². The van der Waals surface area contributed by atoms with E-state index in [2.05, 4.69) is 5.32 Å². The lowest BCUT2D eigenvalue weighted by molar-refractivity contribution is 0.0416. The molecule has 1 fully saturated rings. The molecule has 0 radical (unpaired) electrons. The standard InChI is InChI=1S/C18H26N2O5/c1-3-24-16-12-23-11-14(16)19-18(21)20-8-5-9-25-17-13(10-20)6-4-7-15(17)22-2/h4,6-7,14,16H,3,5,8-12H2,1-2H3,(H,19,21)/t14-,16-/m0/s1. The van der Waals surface area contributed by atoms with E-state index in [0.717, 1.165) is 17.7 Å². The quantitative estimate of drug-likeness (QED) is 0.897. The summed E-state index contributed by atoms with van der Waals surface area (Å²) in [5.41, 5.74) is 0.943. The summed E-state index contributed by atoms with van der Waals surface area (Å²) in [4.78, 5) is 14.6. The first-order valence-corrected chi connectivity index (χ1v) is 8.76. The van der Waals surface area contributed by atoms with Crippen molar-refractivity contribution in [3.05, 3.63) is 23.8 Å². The number of methoxy groups -OCH3 is 1. The molecule has 2 aliphatic heterocycles. The van der Waals surface area contributed by atoms with Crippen LogP contribution < -0.4 is 14.8 Å². The molecule has 0 spiro atoms. The number of nitrogens with one attached hydrogen (secondary N) is 1. The topological polar surface area (TPSA) is 69.3 Å². The molecule has 1 N–H and O–H groups in total. The number of ether oxygens (including phenoxy) is 4. The van der Waals surface area contributed by atoms with Crippen LogP contribution in [0.3, 0.4) is 0 Å². The predicted molar refractivity (Wildman–Crippen MR) is 92.1 cm³/mol. The van der Waals surface area contributed by atoms with Crippen molar-refractivity contribution in [3.8, 4) is 11.5 Å². The zero-order chi connectivity index (χ0) is 17.6. The Morgan fingerprint density at radius 2 is 2.28 bits per heavy atom. The van der Waals surface area contributed by atoms with Gasteiger partial charge in [0.05, 0.1) is 39.5 Å². The van der Waals surface area contributed by atoms with E-state index in [4.69, 9.17) is 18.9 Å². The smallest absolute Gasteiger partial charge is 0.318 e. The van der Waals surface area contributed by atoms with Gasteiger partial charge in [0, 0.05) is 18.7 Å². The largest absolute Gasteiger partial charge is 0.493 e. The molecule has 0 aromatic heterocycles. The van der Waals surface area contributed by atoms with Gasteiger partial charge in [-0.25, -0.2) is 4.79 Å². The average Bonchev–Trinajstić information content (AvgIpc) is 3.02. The Bertz CT molecular complexity index is 595. The number of carbonyl (C=O) groups is 1. The van der Waals surface area contributed by atoms with E-state index < -0.39 is 0 Å². The van der Waals surface area contributed by atoms with Crippen LogP contribution in [0.2, 0.25) is 0 Å². The van der Waals surface area contributed by atoms with Crippen molar-refractivity contribution >= 4 is 6.03 Å². The zero-order valence-corrected chi connectivity index (χ0v) is 14.8. The number of hydrogen-bond donors (Lipinski definition) is 1. The van der Waals surface area contributed by atoms with Gasteiger partial charge in [0.15, 0.2) is 11.5 Å². The van der Waals surface area contributed by atoms with Crippen LogP contribution in [0.4, 0.5) is 4.79 Å². The highest BCUT2D eigenvalue weighted by Gasteiger charge is 2.31. The molecule has 0 bridgehead atoms.